The minimum atomic E-state index is -2.91. The van der Waals surface area contributed by atoms with E-state index in [4.69, 9.17) is 0 Å². The normalized spacial score (nSPS) is 16.2. The summed E-state index contributed by atoms with van der Waals surface area (Å²) in [6.45, 7) is -0.978. The summed E-state index contributed by atoms with van der Waals surface area (Å²) in [6, 6.07) is 13.6. The van der Waals surface area contributed by atoms with Crippen LogP contribution in [0.1, 0.15) is 28.4 Å². The van der Waals surface area contributed by atoms with Crippen LogP contribution in [0.3, 0.4) is 0 Å². The summed E-state index contributed by atoms with van der Waals surface area (Å²) in [6.07, 6.45) is 2.41. The average Bonchev–Trinajstić information content (AvgIpc) is 3.44. The average molecular weight is 399 g/mol. The maximum Gasteiger partial charge on any atom is 0.387 e. The van der Waals surface area contributed by atoms with Gasteiger partial charge in [-0.1, -0.05) is 12.1 Å². The topological polar surface area (TPSA) is 83.1 Å². The number of anilines is 2. The summed E-state index contributed by atoms with van der Waals surface area (Å²) in [5.41, 5.74) is 2.47. The fourth-order valence-corrected chi connectivity index (χ4v) is 3.41. The fraction of sp³-hybridized carbons (Fsp3) is 0.250. The lowest BCUT2D eigenvalue weighted by atomic mass is 9.98. The molecule has 29 heavy (non-hydrogen) atoms. The molecular formula is C20H19F2N5O2. The second-order valence-corrected chi connectivity index (χ2v) is 6.65. The summed E-state index contributed by atoms with van der Waals surface area (Å²) in [5, 5.41) is 13.3. The highest BCUT2D eigenvalue weighted by Gasteiger charge is 2.23. The fourth-order valence-electron chi connectivity index (χ4n) is 3.41. The third-order valence-electron chi connectivity index (χ3n) is 4.84. The number of carbonyl (C=O) groups is 1. The van der Waals surface area contributed by atoms with Gasteiger partial charge in [0.1, 0.15) is 5.75 Å². The highest BCUT2D eigenvalue weighted by molar-refractivity contribution is 6.09. The first-order valence-electron chi connectivity index (χ1n) is 9.17. The third-order valence-corrected chi connectivity index (χ3v) is 4.84. The van der Waals surface area contributed by atoms with E-state index in [1.807, 2.05) is 24.3 Å². The number of benzene rings is 2. The first-order chi connectivity index (χ1) is 14.1. The van der Waals surface area contributed by atoms with E-state index in [1.54, 1.807) is 12.1 Å². The molecule has 1 aliphatic heterocycles. The number of amides is 1. The van der Waals surface area contributed by atoms with Gasteiger partial charge in [-0.25, -0.2) is 0 Å². The third kappa shape index (κ3) is 4.24. The minimum Gasteiger partial charge on any atom is -0.435 e. The number of hydrogen-bond donors (Lipinski definition) is 2. The Labute approximate surface area is 165 Å². The Morgan fingerprint density at radius 3 is 2.34 bits per heavy atom. The van der Waals surface area contributed by atoms with Crippen LogP contribution in [0.15, 0.2) is 54.7 Å². The van der Waals surface area contributed by atoms with Crippen LogP contribution in [0, 0.1) is 0 Å². The van der Waals surface area contributed by atoms with Crippen molar-refractivity contribution in [2.75, 3.05) is 18.0 Å². The summed E-state index contributed by atoms with van der Waals surface area (Å²) in [4.78, 5) is 14.5. The number of nitrogens with zero attached hydrogens (tertiary/aromatic N) is 3. The van der Waals surface area contributed by atoms with Gasteiger partial charge in [-0.15, -0.1) is 0 Å². The van der Waals surface area contributed by atoms with Gasteiger partial charge in [0.15, 0.2) is 5.69 Å². The molecule has 150 valence electrons. The second kappa shape index (κ2) is 8.36. The van der Waals surface area contributed by atoms with Gasteiger partial charge in [0.2, 0.25) is 0 Å². The predicted octanol–water partition coefficient (Wildman–Crippen LogP) is 3.46. The van der Waals surface area contributed by atoms with E-state index in [0.717, 1.165) is 19.5 Å². The molecule has 3 aromatic rings. The Bertz CT molecular complexity index is 940. The van der Waals surface area contributed by atoms with Crippen molar-refractivity contribution in [1.82, 2.24) is 20.7 Å². The van der Waals surface area contributed by atoms with E-state index in [-0.39, 0.29) is 11.4 Å². The quantitative estimate of drug-likeness (QED) is 0.663. The number of carbonyl (C=O) groups excluding carboxylic acids is 1. The van der Waals surface area contributed by atoms with E-state index < -0.39 is 12.5 Å². The maximum atomic E-state index is 13.1. The standard InChI is InChI=1S/C20H19F2N5O2/c21-20(22)29-17-7-5-16(6-8-17)27(19(28)18-12-24-26-25-18)15-3-1-13(2-4-15)14-9-10-23-11-14/h1-8,12,14,20,23H,9-11H2,(H,24,25,26). The molecule has 2 aromatic carbocycles. The van der Waals surface area contributed by atoms with Crippen molar-refractivity contribution in [2.24, 2.45) is 0 Å². The monoisotopic (exact) mass is 399 g/mol. The maximum absolute atomic E-state index is 13.1. The summed E-state index contributed by atoms with van der Waals surface area (Å²) >= 11 is 0. The molecule has 0 spiro atoms. The van der Waals surface area contributed by atoms with Gasteiger partial charge < -0.3 is 10.1 Å². The lowest BCUT2D eigenvalue weighted by molar-refractivity contribution is -0.0498. The molecule has 2 N–H and O–H groups in total. The van der Waals surface area contributed by atoms with Crippen molar-refractivity contribution in [3.8, 4) is 5.75 Å². The molecule has 1 aromatic heterocycles. The molecule has 0 aliphatic carbocycles. The lowest BCUT2D eigenvalue weighted by Gasteiger charge is -2.23. The van der Waals surface area contributed by atoms with Crippen LogP contribution < -0.4 is 15.0 Å². The molecule has 1 unspecified atom stereocenters. The Hall–Kier alpha value is -3.33. The molecule has 4 rings (SSSR count). The van der Waals surface area contributed by atoms with E-state index >= 15 is 0 Å². The van der Waals surface area contributed by atoms with E-state index in [2.05, 4.69) is 25.5 Å². The van der Waals surface area contributed by atoms with Crippen LogP contribution >= 0.6 is 0 Å². The van der Waals surface area contributed by atoms with Gasteiger partial charge in [-0.2, -0.15) is 24.2 Å². The SMILES string of the molecule is O=C(c1cn[nH]n1)N(c1ccc(OC(F)F)cc1)c1ccc(C2CCNC2)cc1. The predicted molar refractivity (Wildman–Crippen MR) is 103 cm³/mol. The van der Waals surface area contributed by atoms with Crippen LogP contribution in [0.5, 0.6) is 5.75 Å². The number of aromatic nitrogens is 3. The molecule has 7 nitrogen and oxygen atoms in total. The number of hydrogen-bond acceptors (Lipinski definition) is 5. The number of rotatable bonds is 6. The van der Waals surface area contributed by atoms with E-state index in [1.165, 1.54) is 28.8 Å². The Morgan fingerprint density at radius 2 is 1.79 bits per heavy atom. The molecule has 9 heteroatoms. The summed E-state index contributed by atoms with van der Waals surface area (Å²) in [5.74, 6) is 0.0766. The van der Waals surface area contributed by atoms with Crippen molar-refractivity contribution in [3.63, 3.8) is 0 Å². The molecule has 1 saturated heterocycles. The molecule has 0 bridgehead atoms. The number of ether oxygens (including phenoxy) is 1. The molecule has 1 fully saturated rings. The highest BCUT2D eigenvalue weighted by Crippen LogP contribution is 2.31. The van der Waals surface area contributed by atoms with E-state index in [0.29, 0.717) is 17.3 Å². The van der Waals surface area contributed by atoms with Gasteiger partial charge in [0.25, 0.3) is 5.91 Å². The minimum absolute atomic E-state index is 0.0154. The van der Waals surface area contributed by atoms with Crippen LogP contribution in [0.4, 0.5) is 20.2 Å². The number of aromatic amines is 1. The van der Waals surface area contributed by atoms with Crippen LogP contribution in [-0.2, 0) is 0 Å². The largest absolute Gasteiger partial charge is 0.435 e. The molecule has 0 radical (unpaired) electrons. The molecule has 2 heterocycles. The van der Waals surface area contributed by atoms with Gasteiger partial charge in [0.05, 0.1) is 6.20 Å². The van der Waals surface area contributed by atoms with Crippen molar-refractivity contribution in [2.45, 2.75) is 19.0 Å². The Morgan fingerprint density at radius 1 is 1.10 bits per heavy atom. The zero-order valence-electron chi connectivity index (χ0n) is 15.4. The first kappa shape index (κ1) is 19.0. The molecule has 1 aliphatic rings. The number of nitrogens with one attached hydrogen (secondary N) is 2. The first-order valence-corrected chi connectivity index (χ1v) is 9.17. The van der Waals surface area contributed by atoms with Gasteiger partial charge in [-0.05, 0) is 60.8 Å². The van der Waals surface area contributed by atoms with Crippen LogP contribution in [-0.4, -0.2) is 41.0 Å². The highest BCUT2D eigenvalue weighted by atomic mass is 19.3. The molecular weight excluding hydrogens is 380 g/mol. The Kier molecular flexibility index (Phi) is 5.48. The second-order valence-electron chi connectivity index (χ2n) is 6.65. The van der Waals surface area contributed by atoms with Gasteiger partial charge in [-0.3, -0.25) is 9.69 Å². The zero-order chi connectivity index (χ0) is 20.2. The van der Waals surface area contributed by atoms with Gasteiger partial charge in [0, 0.05) is 17.9 Å². The van der Waals surface area contributed by atoms with Crippen molar-refractivity contribution in [3.05, 3.63) is 66.0 Å². The number of alkyl halides is 2. The smallest absolute Gasteiger partial charge is 0.387 e. The summed E-state index contributed by atoms with van der Waals surface area (Å²) < 4.78 is 29.2. The van der Waals surface area contributed by atoms with Crippen molar-refractivity contribution >= 4 is 17.3 Å². The number of halogens is 2. The lowest BCUT2D eigenvalue weighted by Crippen LogP contribution is -2.26. The van der Waals surface area contributed by atoms with Crippen molar-refractivity contribution < 1.29 is 18.3 Å². The van der Waals surface area contributed by atoms with Crippen molar-refractivity contribution in [1.29, 1.82) is 0 Å². The summed E-state index contributed by atoms with van der Waals surface area (Å²) in [7, 11) is 0. The van der Waals surface area contributed by atoms with E-state index in [9.17, 15) is 13.6 Å². The van der Waals surface area contributed by atoms with Crippen LogP contribution in [0.25, 0.3) is 0 Å². The zero-order valence-corrected chi connectivity index (χ0v) is 15.4. The molecule has 1 amide bonds. The Balaban J connectivity index is 1.66. The molecule has 1 atom stereocenters. The van der Waals surface area contributed by atoms with Gasteiger partial charge >= 0.3 is 6.61 Å². The molecule has 0 saturated carbocycles. The number of H-pyrrole nitrogens is 1. The van der Waals surface area contributed by atoms with Crippen LogP contribution in [0.2, 0.25) is 0 Å².